The summed E-state index contributed by atoms with van der Waals surface area (Å²) in [7, 11) is 0. The third kappa shape index (κ3) is 9.87. The van der Waals surface area contributed by atoms with Gasteiger partial charge in [0.05, 0.1) is 24.4 Å². The second-order valence-corrected chi connectivity index (χ2v) is 7.29. The van der Waals surface area contributed by atoms with Crippen molar-refractivity contribution in [1.82, 2.24) is 15.3 Å². The van der Waals surface area contributed by atoms with E-state index in [4.69, 9.17) is 18.9 Å². The van der Waals surface area contributed by atoms with Gasteiger partial charge in [0.15, 0.2) is 0 Å². The lowest BCUT2D eigenvalue weighted by Crippen LogP contribution is -2.47. The summed E-state index contributed by atoms with van der Waals surface area (Å²) in [5.74, 6) is -0.447. The Morgan fingerprint density at radius 1 is 1.19 bits per heavy atom. The van der Waals surface area contributed by atoms with Crippen LogP contribution in [0.5, 0.6) is 0 Å². The van der Waals surface area contributed by atoms with Crippen LogP contribution in [0.25, 0.3) is 0 Å². The number of rotatable bonds is 9. The topological polar surface area (TPSA) is 124 Å². The normalized spacial score (nSPS) is 13.7. The fourth-order valence-corrected chi connectivity index (χ4v) is 2.34. The van der Waals surface area contributed by atoms with Crippen molar-refractivity contribution in [1.29, 1.82) is 0 Å². The summed E-state index contributed by atoms with van der Waals surface area (Å²) in [5.41, 5.74) is 3.16. The van der Waals surface area contributed by atoms with Gasteiger partial charge in [-0.3, -0.25) is 9.69 Å². The van der Waals surface area contributed by atoms with Crippen molar-refractivity contribution < 1.29 is 38.1 Å². The monoisotopic (exact) mass is 441 g/mol. The molecule has 3 amide bonds. The summed E-state index contributed by atoms with van der Waals surface area (Å²) >= 11 is 0. The fourth-order valence-electron chi connectivity index (χ4n) is 2.34. The highest BCUT2D eigenvalue weighted by molar-refractivity contribution is 5.76. The van der Waals surface area contributed by atoms with Crippen LogP contribution >= 0.6 is 0 Å². The van der Waals surface area contributed by atoms with Crippen LogP contribution in [0.2, 0.25) is 0 Å². The Morgan fingerprint density at radius 2 is 1.84 bits per heavy atom. The van der Waals surface area contributed by atoms with Crippen LogP contribution in [0, 0.1) is 0 Å². The lowest BCUT2D eigenvalue weighted by Gasteiger charge is -2.27. The smallest absolute Gasteiger partial charge is 0.433 e. The Kier molecular flexibility index (Phi) is 10.4. The number of nitrogens with zero attached hydrogens (tertiary/aromatic N) is 2. The molecular formula is C20H31N3O8. The molecule has 31 heavy (non-hydrogen) atoms. The maximum atomic E-state index is 12.7. The summed E-state index contributed by atoms with van der Waals surface area (Å²) in [6.07, 6.45) is -1.34. The molecule has 11 heteroatoms. The van der Waals surface area contributed by atoms with Crippen LogP contribution in [0.4, 0.5) is 14.4 Å². The molecule has 1 fully saturated rings. The lowest BCUT2D eigenvalue weighted by molar-refractivity contribution is -0.140. The van der Waals surface area contributed by atoms with Gasteiger partial charge >= 0.3 is 24.2 Å². The fraction of sp³-hybridized carbons (Fsp3) is 0.600. The molecule has 0 spiro atoms. The van der Waals surface area contributed by atoms with Gasteiger partial charge in [0.1, 0.15) is 13.2 Å². The number of ether oxygens (including phenoxy) is 4. The highest BCUT2D eigenvalue weighted by Crippen LogP contribution is 2.19. The van der Waals surface area contributed by atoms with Crippen LogP contribution in [0.3, 0.4) is 0 Å². The van der Waals surface area contributed by atoms with E-state index in [-0.39, 0.29) is 31.9 Å². The van der Waals surface area contributed by atoms with Gasteiger partial charge in [-0.2, -0.15) is 5.01 Å². The van der Waals surface area contributed by atoms with E-state index in [0.29, 0.717) is 12.0 Å². The van der Waals surface area contributed by atoms with E-state index < -0.39 is 36.5 Å². The second-order valence-electron chi connectivity index (χ2n) is 7.29. The molecule has 0 atom stereocenters. The Bertz CT molecular complexity index is 717. The number of hydrogen-bond acceptors (Lipinski definition) is 8. The van der Waals surface area contributed by atoms with Gasteiger partial charge in [-0.1, -0.05) is 6.58 Å². The third-order valence-electron chi connectivity index (χ3n) is 3.66. The number of allylic oxidation sites excluding steroid dienone is 1. The maximum Gasteiger partial charge on any atom is 0.433 e. The first-order chi connectivity index (χ1) is 14.5. The van der Waals surface area contributed by atoms with E-state index in [1.807, 2.05) is 0 Å². The van der Waals surface area contributed by atoms with Crippen molar-refractivity contribution in [3.63, 3.8) is 0 Å². The molecule has 11 nitrogen and oxygen atoms in total. The summed E-state index contributed by atoms with van der Waals surface area (Å²) in [4.78, 5) is 49.1. The zero-order valence-corrected chi connectivity index (χ0v) is 18.6. The van der Waals surface area contributed by atoms with E-state index in [2.05, 4.69) is 12.0 Å². The largest absolute Gasteiger partial charge is 0.461 e. The number of nitrogens with one attached hydrogen (secondary N) is 1. The molecule has 1 aliphatic rings. The molecular weight excluding hydrogens is 410 g/mol. The minimum absolute atomic E-state index is 0.00757. The quantitative estimate of drug-likeness (QED) is 0.251. The second kappa shape index (κ2) is 12.5. The van der Waals surface area contributed by atoms with E-state index in [0.717, 1.165) is 5.01 Å². The number of esters is 1. The van der Waals surface area contributed by atoms with Gasteiger partial charge in [-0.05, 0) is 46.1 Å². The molecule has 1 rings (SSSR count). The summed E-state index contributed by atoms with van der Waals surface area (Å²) in [6, 6.07) is 0. The first-order valence-corrected chi connectivity index (χ1v) is 9.91. The van der Waals surface area contributed by atoms with Gasteiger partial charge in [-0.25, -0.2) is 19.8 Å². The highest BCUT2D eigenvalue weighted by atomic mass is 16.6. The van der Waals surface area contributed by atoms with Gasteiger partial charge in [0.2, 0.25) is 0 Å². The molecule has 174 valence electrons. The van der Waals surface area contributed by atoms with E-state index in [1.54, 1.807) is 27.7 Å². The SMILES string of the molecule is C=C(CC/C(=C\N1CCOC1=O)N(NC(=O)OC(C)C)C(=O)OC(C)C)COC(C)=O. The zero-order valence-electron chi connectivity index (χ0n) is 18.6. The number of cyclic esters (lactones) is 1. The Balaban J connectivity index is 3.12. The summed E-state index contributed by atoms with van der Waals surface area (Å²) in [5, 5.41) is 0.884. The van der Waals surface area contributed by atoms with Crippen molar-refractivity contribution in [2.45, 2.75) is 59.7 Å². The van der Waals surface area contributed by atoms with Gasteiger partial charge in [0.25, 0.3) is 0 Å². The van der Waals surface area contributed by atoms with E-state index in [9.17, 15) is 19.2 Å². The average molecular weight is 441 g/mol. The Labute approximate surface area is 181 Å². The van der Waals surface area contributed by atoms with Crippen molar-refractivity contribution >= 4 is 24.2 Å². The van der Waals surface area contributed by atoms with Crippen LogP contribution in [-0.2, 0) is 23.7 Å². The van der Waals surface area contributed by atoms with Crippen molar-refractivity contribution in [3.05, 3.63) is 24.0 Å². The van der Waals surface area contributed by atoms with Crippen molar-refractivity contribution in [3.8, 4) is 0 Å². The average Bonchev–Trinajstić information content (AvgIpc) is 3.05. The van der Waals surface area contributed by atoms with Gasteiger partial charge in [-0.15, -0.1) is 0 Å². The summed E-state index contributed by atoms with van der Waals surface area (Å²) in [6.45, 7) is 12.2. The molecule has 1 saturated heterocycles. The zero-order chi connectivity index (χ0) is 23.6. The Hall–Kier alpha value is -3.24. The molecule has 0 unspecified atom stereocenters. The molecule has 0 aromatic heterocycles. The molecule has 0 radical (unpaired) electrons. The minimum atomic E-state index is -0.871. The first-order valence-electron chi connectivity index (χ1n) is 9.91. The molecule has 1 N–H and O–H groups in total. The molecule has 0 bridgehead atoms. The predicted molar refractivity (Wildman–Crippen MR) is 109 cm³/mol. The Morgan fingerprint density at radius 3 is 2.35 bits per heavy atom. The van der Waals surface area contributed by atoms with Crippen LogP contribution in [0.1, 0.15) is 47.5 Å². The number of hydrogen-bond donors (Lipinski definition) is 1. The molecule has 0 aliphatic carbocycles. The summed E-state index contributed by atoms with van der Waals surface area (Å²) < 4.78 is 20.1. The van der Waals surface area contributed by atoms with Crippen LogP contribution < -0.4 is 5.43 Å². The van der Waals surface area contributed by atoms with E-state index in [1.165, 1.54) is 18.0 Å². The number of hydrazine groups is 1. The van der Waals surface area contributed by atoms with Crippen LogP contribution in [0.15, 0.2) is 24.0 Å². The molecule has 0 aromatic rings. The molecule has 0 saturated carbocycles. The van der Waals surface area contributed by atoms with Crippen molar-refractivity contribution in [2.75, 3.05) is 19.8 Å². The first kappa shape index (κ1) is 25.8. The molecule has 1 aliphatic heterocycles. The predicted octanol–water partition coefficient (Wildman–Crippen LogP) is 3.08. The lowest BCUT2D eigenvalue weighted by atomic mass is 10.1. The van der Waals surface area contributed by atoms with E-state index >= 15 is 0 Å². The van der Waals surface area contributed by atoms with Gasteiger partial charge < -0.3 is 18.9 Å². The number of amides is 3. The van der Waals surface area contributed by atoms with Gasteiger partial charge in [0, 0.05) is 13.1 Å². The molecule has 0 aromatic carbocycles. The highest BCUT2D eigenvalue weighted by Gasteiger charge is 2.28. The number of carbonyl (C=O) groups is 4. The molecule has 1 heterocycles. The number of carbonyl (C=O) groups excluding carboxylic acids is 4. The maximum absolute atomic E-state index is 12.7. The standard InChI is InChI=1S/C20H31N3O8/c1-13(2)30-18(25)21-23(20(27)31-14(3)4)17(11-22-9-10-28-19(22)26)8-7-15(5)12-29-16(6)24/h11,13-14H,5,7-10,12H2,1-4,6H3,(H,21,25)/b17-11+. The minimum Gasteiger partial charge on any atom is -0.461 e. The third-order valence-corrected chi connectivity index (χ3v) is 3.66. The van der Waals surface area contributed by atoms with Crippen molar-refractivity contribution in [2.24, 2.45) is 0 Å². The van der Waals surface area contributed by atoms with Crippen LogP contribution in [-0.4, -0.2) is 66.1 Å².